The molecule has 3 heteroatoms. The van der Waals surface area contributed by atoms with Crippen LogP contribution in [0.3, 0.4) is 0 Å². The lowest BCUT2D eigenvalue weighted by atomic mass is 10.2. The Morgan fingerprint density at radius 3 is 2.74 bits per heavy atom. The fourth-order valence-electron chi connectivity index (χ4n) is 2.44. The molecular formula is C16H28N2O. The van der Waals surface area contributed by atoms with Gasteiger partial charge in [-0.1, -0.05) is 13.8 Å². The lowest BCUT2D eigenvalue weighted by Crippen LogP contribution is -2.30. The monoisotopic (exact) mass is 264 g/mol. The van der Waals surface area contributed by atoms with E-state index in [1.807, 2.05) is 6.26 Å². The third-order valence-electron chi connectivity index (χ3n) is 3.99. The molecule has 1 aromatic heterocycles. The minimum absolute atomic E-state index is 0.674. The van der Waals surface area contributed by atoms with Crippen molar-refractivity contribution in [3.63, 3.8) is 0 Å². The predicted molar refractivity (Wildman–Crippen MR) is 78.9 cm³/mol. The second-order valence-electron chi connectivity index (χ2n) is 6.44. The van der Waals surface area contributed by atoms with Crippen molar-refractivity contribution >= 4 is 0 Å². The largest absolute Gasteiger partial charge is 0.468 e. The lowest BCUT2D eigenvalue weighted by molar-refractivity contribution is 0.210. The van der Waals surface area contributed by atoms with Gasteiger partial charge in [0.2, 0.25) is 0 Å². The highest BCUT2D eigenvalue weighted by molar-refractivity contribution is 5.12. The van der Waals surface area contributed by atoms with Gasteiger partial charge in [-0.05, 0) is 51.3 Å². The highest BCUT2D eigenvalue weighted by Gasteiger charge is 2.30. The molecule has 19 heavy (non-hydrogen) atoms. The molecule has 1 heterocycles. The average Bonchev–Trinajstić information content (AvgIpc) is 3.11. The van der Waals surface area contributed by atoms with Crippen molar-refractivity contribution in [3.8, 4) is 0 Å². The van der Waals surface area contributed by atoms with Crippen molar-refractivity contribution in [2.75, 3.05) is 13.6 Å². The summed E-state index contributed by atoms with van der Waals surface area (Å²) in [5.41, 5.74) is 1.25. The van der Waals surface area contributed by atoms with Crippen molar-refractivity contribution < 1.29 is 4.42 Å². The Balaban J connectivity index is 1.76. The van der Waals surface area contributed by atoms with E-state index in [2.05, 4.69) is 44.1 Å². The third kappa shape index (κ3) is 4.66. The number of rotatable bonds is 8. The molecule has 1 aliphatic rings. The van der Waals surface area contributed by atoms with E-state index in [0.717, 1.165) is 31.3 Å². The van der Waals surface area contributed by atoms with Gasteiger partial charge in [-0.2, -0.15) is 0 Å². The molecule has 0 bridgehead atoms. The first kappa shape index (κ1) is 14.6. The van der Waals surface area contributed by atoms with Gasteiger partial charge in [0.25, 0.3) is 0 Å². The zero-order valence-corrected chi connectivity index (χ0v) is 12.8. The zero-order chi connectivity index (χ0) is 13.8. The maximum atomic E-state index is 5.66. The topological polar surface area (TPSA) is 28.4 Å². The van der Waals surface area contributed by atoms with E-state index >= 15 is 0 Å². The summed E-state index contributed by atoms with van der Waals surface area (Å²) in [6.45, 7) is 9.65. The summed E-state index contributed by atoms with van der Waals surface area (Å²) in [5.74, 6) is 2.68. The summed E-state index contributed by atoms with van der Waals surface area (Å²) in [6.07, 6.45) is 4.68. The van der Waals surface area contributed by atoms with Crippen LogP contribution in [0.15, 0.2) is 16.7 Å². The Labute approximate surface area is 117 Å². The maximum absolute atomic E-state index is 5.66. The fraction of sp³-hybridized carbons (Fsp3) is 0.750. The van der Waals surface area contributed by atoms with Crippen LogP contribution in [-0.2, 0) is 13.1 Å². The molecule has 1 N–H and O–H groups in total. The van der Waals surface area contributed by atoms with Gasteiger partial charge in [-0.25, -0.2) is 0 Å². The smallest absolute Gasteiger partial charge is 0.118 e. The minimum atomic E-state index is 0.674. The normalized spacial score (nSPS) is 17.4. The molecule has 1 atom stereocenters. The molecule has 3 nitrogen and oxygen atoms in total. The van der Waals surface area contributed by atoms with Crippen LogP contribution < -0.4 is 5.32 Å². The predicted octanol–water partition coefficient (Wildman–Crippen LogP) is 3.26. The lowest BCUT2D eigenvalue weighted by Gasteiger charge is -2.23. The van der Waals surface area contributed by atoms with Gasteiger partial charge in [0.05, 0.1) is 12.8 Å². The number of nitrogens with one attached hydrogen (secondary N) is 1. The van der Waals surface area contributed by atoms with Crippen molar-refractivity contribution in [2.24, 2.45) is 11.8 Å². The second kappa shape index (κ2) is 6.58. The van der Waals surface area contributed by atoms with Crippen LogP contribution in [-0.4, -0.2) is 24.5 Å². The van der Waals surface area contributed by atoms with E-state index in [1.54, 1.807) is 0 Å². The van der Waals surface area contributed by atoms with Gasteiger partial charge < -0.3 is 9.73 Å². The van der Waals surface area contributed by atoms with Crippen LogP contribution >= 0.6 is 0 Å². The molecule has 0 saturated heterocycles. The van der Waals surface area contributed by atoms with E-state index < -0.39 is 0 Å². The van der Waals surface area contributed by atoms with Gasteiger partial charge in [0.1, 0.15) is 5.76 Å². The van der Waals surface area contributed by atoms with E-state index in [9.17, 15) is 0 Å². The van der Waals surface area contributed by atoms with E-state index in [1.165, 1.54) is 18.4 Å². The Morgan fingerprint density at radius 2 is 2.11 bits per heavy atom. The number of nitrogens with zero attached hydrogens (tertiary/aromatic N) is 1. The van der Waals surface area contributed by atoms with Crippen molar-refractivity contribution in [1.82, 2.24) is 10.2 Å². The molecule has 1 aromatic rings. The molecular weight excluding hydrogens is 236 g/mol. The first-order chi connectivity index (χ1) is 9.06. The zero-order valence-electron chi connectivity index (χ0n) is 12.8. The number of hydrogen-bond donors (Lipinski definition) is 1. The van der Waals surface area contributed by atoms with Gasteiger partial charge in [0, 0.05) is 18.2 Å². The van der Waals surface area contributed by atoms with Crippen LogP contribution in [0.2, 0.25) is 0 Å². The highest BCUT2D eigenvalue weighted by Crippen LogP contribution is 2.35. The van der Waals surface area contributed by atoms with Crippen LogP contribution in [0.1, 0.15) is 44.9 Å². The molecule has 0 spiro atoms. The second-order valence-corrected chi connectivity index (χ2v) is 6.44. The SMILES string of the molecule is CC(C)CNCc1coc(CN(C)C(C)C2CC2)c1. The standard InChI is InChI=1S/C16H28N2O/c1-12(2)8-17-9-14-7-16(19-11-14)10-18(4)13(3)15-5-6-15/h7,11-13,15,17H,5-6,8-10H2,1-4H3. The minimum Gasteiger partial charge on any atom is -0.468 e. The summed E-state index contributed by atoms with van der Waals surface area (Å²) in [5, 5.41) is 3.45. The number of furan rings is 1. The molecule has 0 amide bonds. The van der Waals surface area contributed by atoms with Crippen LogP contribution in [0, 0.1) is 11.8 Å². The summed E-state index contributed by atoms with van der Waals surface area (Å²) in [4.78, 5) is 2.40. The summed E-state index contributed by atoms with van der Waals surface area (Å²) in [6, 6.07) is 2.86. The van der Waals surface area contributed by atoms with Gasteiger partial charge in [-0.15, -0.1) is 0 Å². The van der Waals surface area contributed by atoms with Crippen molar-refractivity contribution in [1.29, 1.82) is 0 Å². The van der Waals surface area contributed by atoms with E-state index in [-0.39, 0.29) is 0 Å². The quantitative estimate of drug-likeness (QED) is 0.781. The third-order valence-corrected chi connectivity index (χ3v) is 3.99. The van der Waals surface area contributed by atoms with E-state index in [4.69, 9.17) is 4.42 Å². The fourth-order valence-corrected chi connectivity index (χ4v) is 2.44. The van der Waals surface area contributed by atoms with Gasteiger partial charge >= 0.3 is 0 Å². The summed E-state index contributed by atoms with van der Waals surface area (Å²) in [7, 11) is 2.20. The molecule has 1 saturated carbocycles. The Morgan fingerprint density at radius 1 is 1.37 bits per heavy atom. The van der Waals surface area contributed by atoms with Crippen LogP contribution in [0.5, 0.6) is 0 Å². The van der Waals surface area contributed by atoms with Crippen molar-refractivity contribution in [2.45, 2.75) is 52.7 Å². The molecule has 108 valence electrons. The average molecular weight is 264 g/mol. The van der Waals surface area contributed by atoms with Crippen molar-refractivity contribution in [3.05, 3.63) is 23.7 Å². The van der Waals surface area contributed by atoms with Gasteiger partial charge in [0.15, 0.2) is 0 Å². The summed E-state index contributed by atoms with van der Waals surface area (Å²) >= 11 is 0. The molecule has 1 fully saturated rings. The Hall–Kier alpha value is -0.800. The highest BCUT2D eigenvalue weighted by atomic mass is 16.3. The molecule has 0 aliphatic heterocycles. The molecule has 0 radical (unpaired) electrons. The molecule has 0 aromatic carbocycles. The molecule has 1 aliphatic carbocycles. The first-order valence-corrected chi connectivity index (χ1v) is 7.53. The first-order valence-electron chi connectivity index (χ1n) is 7.53. The summed E-state index contributed by atoms with van der Waals surface area (Å²) < 4.78 is 5.66. The van der Waals surface area contributed by atoms with Crippen LogP contribution in [0.25, 0.3) is 0 Å². The Bertz CT molecular complexity index is 382. The Kier molecular flexibility index (Phi) is 5.06. The van der Waals surface area contributed by atoms with Crippen LogP contribution in [0.4, 0.5) is 0 Å². The molecule has 1 unspecified atom stereocenters. The van der Waals surface area contributed by atoms with E-state index in [0.29, 0.717) is 12.0 Å². The number of hydrogen-bond acceptors (Lipinski definition) is 3. The maximum Gasteiger partial charge on any atom is 0.118 e. The molecule has 2 rings (SSSR count). The van der Waals surface area contributed by atoms with Gasteiger partial charge in [-0.3, -0.25) is 4.90 Å².